The smallest absolute Gasteiger partial charge is 0.224 e. The Morgan fingerprint density at radius 3 is 2.58 bits per heavy atom. The average molecular weight is 374 g/mol. The third-order valence-corrected chi connectivity index (χ3v) is 5.57. The van der Waals surface area contributed by atoms with Crippen molar-refractivity contribution in [1.29, 1.82) is 0 Å². The van der Waals surface area contributed by atoms with Crippen molar-refractivity contribution in [2.75, 3.05) is 23.3 Å². The molecule has 1 fully saturated rings. The van der Waals surface area contributed by atoms with Gasteiger partial charge in [0, 0.05) is 30.8 Å². The van der Waals surface area contributed by atoms with Crippen molar-refractivity contribution in [2.45, 2.75) is 39.0 Å². The fraction of sp³-hybridized carbons (Fsp3) is 0.400. The van der Waals surface area contributed by atoms with Gasteiger partial charge in [0.15, 0.2) is 5.78 Å². The lowest BCUT2D eigenvalue weighted by molar-refractivity contribution is -0.116. The molecule has 1 aromatic heterocycles. The number of nitrogens with zero attached hydrogens (tertiary/aromatic N) is 1. The number of nitrogens with one attached hydrogen (secondary N) is 1. The highest BCUT2D eigenvalue weighted by Crippen LogP contribution is 2.29. The van der Waals surface area contributed by atoms with Crippen molar-refractivity contribution in [2.24, 2.45) is 0 Å². The standard InChI is InChI=1S/C20H23FN2O2S/c1-14-5-9-19(26-14)18(24)8-10-20(25)22-16-13-15(21)6-7-17(16)23-11-3-2-4-12-23/h5-7,9,13H,2-4,8,10-12H2,1H3,(H,22,25). The molecule has 1 amide bonds. The molecular weight excluding hydrogens is 351 g/mol. The fourth-order valence-electron chi connectivity index (χ4n) is 3.17. The summed E-state index contributed by atoms with van der Waals surface area (Å²) in [6.45, 7) is 3.76. The molecule has 0 saturated carbocycles. The quantitative estimate of drug-likeness (QED) is 0.740. The van der Waals surface area contributed by atoms with E-state index in [4.69, 9.17) is 0 Å². The summed E-state index contributed by atoms with van der Waals surface area (Å²) in [5, 5.41) is 2.79. The number of halogens is 1. The number of carbonyl (C=O) groups excluding carboxylic acids is 2. The molecule has 1 aliphatic rings. The highest BCUT2D eigenvalue weighted by Gasteiger charge is 2.17. The zero-order valence-electron chi connectivity index (χ0n) is 14.9. The molecule has 4 nitrogen and oxygen atoms in total. The second-order valence-electron chi connectivity index (χ2n) is 6.59. The van der Waals surface area contributed by atoms with E-state index in [9.17, 15) is 14.0 Å². The second kappa shape index (κ2) is 8.45. The van der Waals surface area contributed by atoms with Crippen LogP contribution < -0.4 is 10.2 Å². The van der Waals surface area contributed by atoms with Gasteiger partial charge < -0.3 is 10.2 Å². The van der Waals surface area contributed by atoms with Crippen LogP contribution in [0.1, 0.15) is 46.7 Å². The summed E-state index contributed by atoms with van der Waals surface area (Å²) in [6.07, 6.45) is 3.63. The Hall–Kier alpha value is -2.21. The molecule has 2 aromatic rings. The normalized spacial score (nSPS) is 14.3. The maximum atomic E-state index is 13.7. The van der Waals surface area contributed by atoms with E-state index in [2.05, 4.69) is 10.2 Å². The van der Waals surface area contributed by atoms with Gasteiger partial charge in [0.25, 0.3) is 0 Å². The van der Waals surface area contributed by atoms with E-state index in [1.165, 1.54) is 29.9 Å². The van der Waals surface area contributed by atoms with E-state index in [0.29, 0.717) is 10.6 Å². The fourth-order valence-corrected chi connectivity index (χ4v) is 4.00. The summed E-state index contributed by atoms with van der Waals surface area (Å²) < 4.78 is 13.7. The Morgan fingerprint density at radius 1 is 1.12 bits per heavy atom. The monoisotopic (exact) mass is 374 g/mol. The summed E-state index contributed by atoms with van der Waals surface area (Å²) >= 11 is 1.44. The van der Waals surface area contributed by atoms with Gasteiger partial charge in [0.2, 0.25) is 5.91 Å². The molecular formula is C20H23FN2O2S. The Bertz CT molecular complexity index is 797. The Morgan fingerprint density at radius 2 is 1.88 bits per heavy atom. The van der Waals surface area contributed by atoms with Crippen molar-refractivity contribution in [3.8, 4) is 0 Å². The molecule has 0 spiro atoms. The Labute approximate surface area is 157 Å². The van der Waals surface area contributed by atoms with Crippen LogP contribution in [0, 0.1) is 12.7 Å². The first-order valence-electron chi connectivity index (χ1n) is 8.97. The van der Waals surface area contributed by atoms with Crippen LogP contribution in [0.15, 0.2) is 30.3 Å². The number of piperidine rings is 1. The molecule has 26 heavy (non-hydrogen) atoms. The number of benzene rings is 1. The topological polar surface area (TPSA) is 49.4 Å². The molecule has 0 aliphatic carbocycles. The van der Waals surface area contributed by atoms with Crippen LogP contribution in [0.25, 0.3) is 0 Å². The number of Topliss-reactive ketones (excluding diaryl/α,β-unsaturated/α-hetero) is 1. The molecule has 138 valence electrons. The van der Waals surface area contributed by atoms with Gasteiger partial charge in [0.1, 0.15) is 5.82 Å². The number of anilines is 2. The molecule has 2 heterocycles. The maximum absolute atomic E-state index is 13.7. The van der Waals surface area contributed by atoms with Crippen LogP contribution in [0.3, 0.4) is 0 Å². The summed E-state index contributed by atoms with van der Waals surface area (Å²) in [6, 6.07) is 8.18. The van der Waals surface area contributed by atoms with Crippen molar-refractivity contribution in [3.05, 3.63) is 45.9 Å². The summed E-state index contributed by atoms with van der Waals surface area (Å²) in [5.41, 5.74) is 1.33. The molecule has 1 aromatic carbocycles. The minimum absolute atomic E-state index is 0.0336. The molecule has 1 N–H and O–H groups in total. The second-order valence-corrected chi connectivity index (χ2v) is 7.88. The van der Waals surface area contributed by atoms with Crippen LogP contribution in [0.4, 0.5) is 15.8 Å². The average Bonchev–Trinajstić information content (AvgIpc) is 3.07. The van der Waals surface area contributed by atoms with Gasteiger partial charge in [-0.25, -0.2) is 4.39 Å². The van der Waals surface area contributed by atoms with E-state index in [-0.39, 0.29) is 30.3 Å². The number of rotatable bonds is 6. The van der Waals surface area contributed by atoms with E-state index in [1.807, 2.05) is 13.0 Å². The largest absolute Gasteiger partial charge is 0.370 e. The first-order valence-corrected chi connectivity index (χ1v) is 9.78. The molecule has 3 rings (SSSR count). The minimum atomic E-state index is -0.383. The third kappa shape index (κ3) is 4.69. The van der Waals surface area contributed by atoms with Crippen molar-refractivity contribution < 1.29 is 14.0 Å². The van der Waals surface area contributed by atoms with E-state index >= 15 is 0 Å². The predicted octanol–water partition coefficient (Wildman–Crippen LogP) is 4.79. The van der Waals surface area contributed by atoms with Crippen LogP contribution in [0.2, 0.25) is 0 Å². The van der Waals surface area contributed by atoms with Gasteiger partial charge in [-0.05, 0) is 56.5 Å². The molecule has 1 saturated heterocycles. The highest BCUT2D eigenvalue weighted by molar-refractivity contribution is 7.14. The number of carbonyl (C=O) groups is 2. The highest BCUT2D eigenvalue weighted by atomic mass is 32.1. The molecule has 0 bridgehead atoms. The van der Waals surface area contributed by atoms with Gasteiger partial charge in [-0.3, -0.25) is 9.59 Å². The zero-order valence-corrected chi connectivity index (χ0v) is 15.7. The number of ketones is 1. The number of aryl methyl sites for hydroxylation is 1. The van der Waals surface area contributed by atoms with Gasteiger partial charge in [0.05, 0.1) is 16.3 Å². The minimum Gasteiger partial charge on any atom is -0.370 e. The number of hydrogen-bond donors (Lipinski definition) is 1. The van der Waals surface area contributed by atoms with Gasteiger partial charge in [-0.1, -0.05) is 0 Å². The summed E-state index contributed by atoms with van der Waals surface area (Å²) in [4.78, 5) is 28.4. The Kier molecular flexibility index (Phi) is 6.04. The first-order chi connectivity index (χ1) is 12.5. The Balaban J connectivity index is 1.63. The maximum Gasteiger partial charge on any atom is 0.224 e. The number of hydrogen-bond acceptors (Lipinski definition) is 4. The number of thiophene rings is 1. The molecule has 0 atom stereocenters. The first kappa shape index (κ1) is 18.6. The van der Waals surface area contributed by atoms with Gasteiger partial charge >= 0.3 is 0 Å². The lowest BCUT2D eigenvalue weighted by Gasteiger charge is -2.30. The lowest BCUT2D eigenvalue weighted by Crippen LogP contribution is -2.30. The van der Waals surface area contributed by atoms with E-state index < -0.39 is 0 Å². The van der Waals surface area contributed by atoms with Crippen molar-refractivity contribution >= 4 is 34.4 Å². The third-order valence-electron chi connectivity index (χ3n) is 4.52. The van der Waals surface area contributed by atoms with Crippen LogP contribution in [-0.4, -0.2) is 24.8 Å². The molecule has 0 radical (unpaired) electrons. The van der Waals surface area contributed by atoms with Gasteiger partial charge in [-0.15, -0.1) is 11.3 Å². The van der Waals surface area contributed by atoms with Crippen LogP contribution in [-0.2, 0) is 4.79 Å². The van der Waals surface area contributed by atoms with Crippen molar-refractivity contribution in [1.82, 2.24) is 0 Å². The SMILES string of the molecule is Cc1ccc(C(=O)CCC(=O)Nc2cc(F)ccc2N2CCCCC2)s1. The van der Waals surface area contributed by atoms with Crippen LogP contribution >= 0.6 is 11.3 Å². The van der Waals surface area contributed by atoms with Crippen LogP contribution in [0.5, 0.6) is 0 Å². The van der Waals surface area contributed by atoms with Crippen molar-refractivity contribution in [3.63, 3.8) is 0 Å². The lowest BCUT2D eigenvalue weighted by atomic mass is 10.1. The number of amides is 1. The van der Waals surface area contributed by atoms with E-state index in [0.717, 1.165) is 36.5 Å². The predicted molar refractivity (Wildman–Crippen MR) is 104 cm³/mol. The van der Waals surface area contributed by atoms with Gasteiger partial charge in [-0.2, -0.15) is 0 Å². The summed E-state index contributed by atoms with van der Waals surface area (Å²) in [7, 11) is 0. The van der Waals surface area contributed by atoms with E-state index in [1.54, 1.807) is 12.1 Å². The zero-order chi connectivity index (χ0) is 18.5. The molecule has 0 unspecified atom stereocenters. The molecule has 6 heteroatoms. The summed E-state index contributed by atoms with van der Waals surface area (Å²) in [5.74, 6) is -0.685. The molecule has 1 aliphatic heterocycles.